The van der Waals surface area contributed by atoms with Gasteiger partial charge in [-0.15, -0.1) is 0 Å². The van der Waals surface area contributed by atoms with Gasteiger partial charge in [-0.2, -0.15) is 0 Å². The summed E-state index contributed by atoms with van der Waals surface area (Å²) in [5.41, 5.74) is 0. The predicted octanol–water partition coefficient (Wildman–Crippen LogP) is -1.48. The van der Waals surface area contributed by atoms with Crippen molar-refractivity contribution in [3.63, 3.8) is 0 Å². The van der Waals surface area contributed by atoms with Crippen molar-refractivity contribution in [1.82, 2.24) is 10.2 Å². The van der Waals surface area contributed by atoms with E-state index in [4.69, 9.17) is 0 Å². The van der Waals surface area contributed by atoms with Gasteiger partial charge in [0.25, 0.3) is 0 Å². The van der Waals surface area contributed by atoms with Gasteiger partial charge in [0, 0.05) is 7.05 Å². The number of nitrogens with zero attached hydrogens (tertiary/aromatic N) is 1. The van der Waals surface area contributed by atoms with E-state index in [9.17, 15) is 9.59 Å². The van der Waals surface area contributed by atoms with Crippen molar-refractivity contribution >= 4 is 41.5 Å². The maximum atomic E-state index is 10.4. The van der Waals surface area contributed by atoms with Gasteiger partial charge in [0.05, 0.1) is 0 Å². The molecule has 0 aromatic rings. The third-order valence-corrected chi connectivity index (χ3v) is 0.974. The molecule has 0 aromatic carbocycles. The molecule has 46 valence electrons. The fraction of sp³-hybridized carbons (Fsp3) is 0.500. The molecule has 0 spiro atoms. The zero-order chi connectivity index (χ0) is 6.15. The number of hydrogen-bond donors (Lipinski definition) is 1. The van der Waals surface area contributed by atoms with Crippen LogP contribution in [0.3, 0.4) is 0 Å². The summed E-state index contributed by atoms with van der Waals surface area (Å²) in [7, 11) is 1.57. The number of urea groups is 1. The molecule has 1 rings (SSSR count). The summed E-state index contributed by atoms with van der Waals surface area (Å²) in [4.78, 5) is 22.0. The van der Waals surface area contributed by atoms with Crippen molar-refractivity contribution < 1.29 is 9.59 Å². The van der Waals surface area contributed by atoms with E-state index >= 15 is 0 Å². The van der Waals surface area contributed by atoms with Gasteiger partial charge < -0.3 is 4.90 Å². The Morgan fingerprint density at radius 2 is 2.11 bits per heavy atom. The van der Waals surface area contributed by atoms with Crippen molar-refractivity contribution in [1.29, 1.82) is 0 Å². The average molecular weight is 138 g/mol. The monoisotopic (exact) mass is 138 g/mol. The van der Waals surface area contributed by atoms with E-state index in [-0.39, 0.29) is 48.0 Å². The SMILES string of the molecule is CN1CC(=O)NC1=O.[NaH]. The Kier molecular flexibility index (Phi) is 3.17. The minimum atomic E-state index is -0.310. The van der Waals surface area contributed by atoms with Crippen LogP contribution in [0.5, 0.6) is 0 Å². The van der Waals surface area contributed by atoms with Gasteiger partial charge in [0.15, 0.2) is 0 Å². The van der Waals surface area contributed by atoms with E-state index in [0.717, 1.165) is 0 Å². The molecule has 0 aliphatic carbocycles. The zero-order valence-corrected chi connectivity index (χ0v) is 4.47. The first-order valence-corrected chi connectivity index (χ1v) is 2.25. The molecular formula is C4H7N2NaO2. The van der Waals surface area contributed by atoms with Crippen molar-refractivity contribution in [2.45, 2.75) is 0 Å². The van der Waals surface area contributed by atoms with Crippen LogP contribution in [0.25, 0.3) is 0 Å². The summed E-state index contributed by atoms with van der Waals surface area (Å²) in [6.07, 6.45) is 0. The number of imide groups is 1. The fourth-order valence-corrected chi connectivity index (χ4v) is 0.541. The molecule has 1 heterocycles. The topological polar surface area (TPSA) is 49.4 Å². The van der Waals surface area contributed by atoms with Gasteiger partial charge in [0.2, 0.25) is 5.91 Å². The molecule has 1 aliphatic heterocycles. The Morgan fingerprint density at radius 1 is 1.56 bits per heavy atom. The third-order valence-electron chi connectivity index (χ3n) is 0.974. The molecule has 0 atom stereocenters. The van der Waals surface area contributed by atoms with Gasteiger partial charge in [-0.05, 0) is 0 Å². The summed E-state index contributed by atoms with van der Waals surface area (Å²) in [5.74, 6) is -0.225. The molecule has 0 aromatic heterocycles. The van der Waals surface area contributed by atoms with E-state index in [2.05, 4.69) is 5.32 Å². The first kappa shape index (κ1) is 8.94. The van der Waals surface area contributed by atoms with Crippen LogP contribution in [0.15, 0.2) is 0 Å². The molecule has 5 heteroatoms. The molecule has 0 unspecified atom stereocenters. The standard InChI is InChI=1S/C4H6N2O2.Na.H/c1-6-2-3(7)5-4(6)8;;/h2H2,1H3,(H,5,7,8);;. The predicted molar refractivity (Wildman–Crippen MR) is 33.3 cm³/mol. The van der Waals surface area contributed by atoms with Crippen LogP contribution in [-0.4, -0.2) is 60.0 Å². The Bertz CT molecular complexity index is 148. The maximum absolute atomic E-state index is 10.4. The minimum absolute atomic E-state index is 0. The van der Waals surface area contributed by atoms with Crippen LogP contribution >= 0.6 is 0 Å². The quantitative estimate of drug-likeness (QED) is 0.328. The molecular weight excluding hydrogens is 131 g/mol. The van der Waals surface area contributed by atoms with E-state index in [0.29, 0.717) is 0 Å². The number of hydrogen-bond acceptors (Lipinski definition) is 2. The van der Waals surface area contributed by atoms with Crippen LogP contribution in [0.4, 0.5) is 4.79 Å². The molecule has 1 saturated heterocycles. The normalized spacial score (nSPS) is 17.2. The number of amides is 3. The van der Waals surface area contributed by atoms with Crippen LogP contribution < -0.4 is 5.32 Å². The van der Waals surface area contributed by atoms with Crippen LogP contribution in [0.1, 0.15) is 0 Å². The van der Waals surface area contributed by atoms with E-state index < -0.39 is 0 Å². The molecule has 3 amide bonds. The second-order valence-electron chi connectivity index (χ2n) is 1.71. The fourth-order valence-electron chi connectivity index (χ4n) is 0.541. The number of nitrogens with one attached hydrogen (secondary N) is 1. The number of carbonyl (C=O) groups is 2. The van der Waals surface area contributed by atoms with Crippen LogP contribution in [-0.2, 0) is 4.79 Å². The van der Waals surface area contributed by atoms with E-state index in [1.807, 2.05) is 0 Å². The Balaban J connectivity index is 0.000000640. The Morgan fingerprint density at radius 3 is 2.22 bits per heavy atom. The molecule has 4 nitrogen and oxygen atoms in total. The summed E-state index contributed by atoms with van der Waals surface area (Å²) >= 11 is 0. The van der Waals surface area contributed by atoms with Gasteiger partial charge >= 0.3 is 35.6 Å². The first-order chi connectivity index (χ1) is 3.70. The van der Waals surface area contributed by atoms with Gasteiger partial charge in [0.1, 0.15) is 6.54 Å². The molecule has 0 saturated carbocycles. The molecule has 0 radical (unpaired) electrons. The van der Waals surface area contributed by atoms with Crippen molar-refractivity contribution in [3.05, 3.63) is 0 Å². The summed E-state index contributed by atoms with van der Waals surface area (Å²) in [6.45, 7) is 0.193. The summed E-state index contributed by atoms with van der Waals surface area (Å²) < 4.78 is 0. The van der Waals surface area contributed by atoms with Crippen molar-refractivity contribution in [3.8, 4) is 0 Å². The Hall–Kier alpha value is -0.0600. The molecule has 1 aliphatic rings. The van der Waals surface area contributed by atoms with Gasteiger partial charge in [-0.25, -0.2) is 4.79 Å². The van der Waals surface area contributed by atoms with E-state index in [1.54, 1.807) is 7.05 Å². The van der Waals surface area contributed by atoms with E-state index in [1.165, 1.54) is 4.90 Å². The van der Waals surface area contributed by atoms with Gasteiger partial charge in [-0.1, -0.05) is 0 Å². The number of carbonyl (C=O) groups excluding carboxylic acids is 2. The molecule has 9 heavy (non-hydrogen) atoms. The molecule has 0 bridgehead atoms. The third kappa shape index (κ3) is 1.97. The van der Waals surface area contributed by atoms with Gasteiger partial charge in [-0.3, -0.25) is 10.1 Å². The Labute approximate surface area is 74.9 Å². The van der Waals surface area contributed by atoms with Crippen molar-refractivity contribution in [2.75, 3.05) is 13.6 Å². The van der Waals surface area contributed by atoms with Crippen LogP contribution in [0, 0.1) is 0 Å². The average Bonchev–Trinajstić information content (AvgIpc) is 1.85. The van der Waals surface area contributed by atoms with Crippen molar-refractivity contribution in [2.24, 2.45) is 0 Å². The molecule has 1 fully saturated rings. The first-order valence-electron chi connectivity index (χ1n) is 2.25. The van der Waals surface area contributed by atoms with Crippen LogP contribution in [0.2, 0.25) is 0 Å². The zero-order valence-electron chi connectivity index (χ0n) is 4.47. The second-order valence-corrected chi connectivity index (χ2v) is 1.71. The number of likely N-dealkylation sites (N-methyl/N-ethyl adjacent to an activating group) is 1. The summed E-state index contributed by atoms with van der Waals surface area (Å²) in [6, 6.07) is -0.310. The number of rotatable bonds is 0. The molecule has 1 N–H and O–H groups in total. The summed E-state index contributed by atoms with van der Waals surface area (Å²) in [5, 5.41) is 2.11. The second kappa shape index (κ2) is 3.20.